The van der Waals surface area contributed by atoms with Gasteiger partial charge >= 0.3 is 0 Å². The molecule has 0 spiro atoms. The van der Waals surface area contributed by atoms with E-state index in [-0.39, 0.29) is 12.8 Å². The molecule has 1 aliphatic carbocycles. The molecular weight excluding hydrogens is 208 g/mol. The smallest absolute Gasteiger partial charge is 0.218 e. The van der Waals surface area contributed by atoms with Crippen molar-refractivity contribution >= 4 is 0 Å². The lowest BCUT2D eigenvalue weighted by Crippen LogP contribution is -2.55. The fourth-order valence-corrected chi connectivity index (χ4v) is 2.06. The first-order valence-electron chi connectivity index (χ1n) is 5.39. The molecule has 0 atom stereocenters. The van der Waals surface area contributed by atoms with Crippen molar-refractivity contribution in [3.05, 3.63) is 35.4 Å². The van der Waals surface area contributed by atoms with Crippen molar-refractivity contribution in [3.8, 4) is 0 Å². The van der Waals surface area contributed by atoms with Crippen LogP contribution in [0.1, 0.15) is 24.0 Å². The Morgan fingerprint density at radius 3 is 1.50 bits per heavy atom. The minimum absolute atomic E-state index is 0.0863. The molecule has 16 heavy (non-hydrogen) atoms. The highest BCUT2D eigenvalue weighted by Gasteiger charge is 2.47. The average molecular weight is 224 g/mol. The predicted octanol–water partition coefficient (Wildman–Crippen LogP) is -0.0728. The van der Waals surface area contributed by atoms with Crippen LogP contribution in [-0.2, 0) is 12.8 Å². The van der Waals surface area contributed by atoms with Crippen LogP contribution in [-0.4, -0.2) is 32.0 Å². The summed E-state index contributed by atoms with van der Waals surface area (Å²) in [5.41, 5.74) is 2.07. The van der Waals surface area contributed by atoms with Gasteiger partial charge in [-0.25, -0.2) is 0 Å². The zero-order valence-corrected chi connectivity index (χ0v) is 8.93. The number of hydrogen-bond donors (Lipinski definition) is 4. The maximum absolute atomic E-state index is 9.59. The topological polar surface area (TPSA) is 80.9 Å². The highest BCUT2D eigenvalue weighted by atomic mass is 16.6. The van der Waals surface area contributed by atoms with Crippen molar-refractivity contribution < 1.29 is 20.4 Å². The van der Waals surface area contributed by atoms with Crippen molar-refractivity contribution in [1.82, 2.24) is 0 Å². The Balaban J connectivity index is 2.31. The molecule has 0 bridgehead atoms. The lowest BCUT2D eigenvalue weighted by Gasteiger charge is -2.37. The van der Waals surface area contributed by atoms with Crippen LogP contribution in [0.25, 0.3) is 0 Å². The molecule has 0 aromatic heterocycles. The normalized spacial score (nSPS) is 23.0. The molecule has 4 N–H and O–H groups in total. The van der Waals surface area contributed by atoms with Crippen molar-refractivity contribution in [1.29, 1.82) is 0 Å². The van der Waals surface area contributed by atoms with Gasteiger partial charge in [0.2, 0.25) is 11.6 Å². The quantitative estimate of drug-likeness (QED) is 0.465. The van der Waals surface area contributed by atoms with E-state index in [1.807, 2.05) is 24.3 Å². The predicted molar refractivity (Wildman–Crippen MR) is 57.4 cm³/mol. The Hall–Kier alpha value is -0.940. The van der Waals surface area contributed by atoms with Crippen molar-refractivity contribution in [2.75, 3.05) is 0 Å². The van der Waals surface area contributed by atoms with Gasteiger partial charge in [0.1, 0.15) is 0 Å². The van der Waals surface area contributed by atoms with E-state index in [0.29, 0.717) is 12.8 Å². The van der Waals surface area contributed by atoms with Crippen LogP contribution in [0.4, 0.5) is 0 Å². The molecule has 2 rings (SSSR count). The van der Waals surface area contributed by atoms with E-state index in [9.17, 15) is 20.4 Å². The maximum atomic E-state index is 9.59. The van der Waals surface area contributed by atoms with Crippen LogP contribution in [0.15, 0.2) is 24.3 Å². The highest BCUT2D eigenvalue weighted by Crippen LogP contribution is 2.31. The van der Waals surface area contributed by atoms with E-state index >= 15 is 0 Å². The van der Waals surface area contributed by atoms with E-state index in [1.165, 1.54) is 0 Å². The molecule has 88 valence electrons. The molecule has 0 amide bonds. The number of aliphatic hydroxyl groups is 4. The summed E-state index contributed by atoms with van der Waals surface area (Å²) in [5, 5.41) is 38.4. The van der Waals surface area contributed by atoms with Crippen molar-refractivity contribution in [3.63, 3.8) is 0 Å². The van der Waals surface area contributed by atoms with Gasteiger partial charge in [-0.2, -0.15) is 0 Å². The van der Waals surface area contributed by atoms with Gasteiger partial charge in [-0.1, -0.05) is 24.3 Å². The Kier molecular flexibility index (Phi) is 2.75. The second-order valence-electron chi connectivity index (χ2n) is 4.40. The van der Waals surface area contributed by atoms with Crippen LogP contribution in [0.5, 0.6) is 0 Å². The van der Waals surface area contributed by atoms with Gasteiger partial charge in [0.15, 0.2) is 0 Å². The molecule has 0 radical (unpaired) electrons. The minimum atomic E-state index is -2.44. The highest BCUT2D eigenvalue weighted by molar-refractivity contribution is 5.28. The zero-order chi connectivity index (χ0) is 11.8. The molecule has 4 heteroatoms. The van der Waals surface area contributed by atoms with Crippen LogP contribution in [0, 0.1) is 0 Å². The number of rotatable bonds is 0. The maximum Gasteiger partial charge on any atom is 0.218 e. The zero-order valence-electron chi connectivity index (χ0n) is 8.93. The third-order valence-electron chi connectivity index (χ3n) is 3.25. The van der Waals surface area contributed by atoms with E-state index in [0.717, 1.165) is 11.1 Å². The van der Waals surface area contributed by atoms with Crippen molar-refractivity contribution in [2.45, 2.75) is 37.3 Å². The molecule has 0 heterocycles. The van der Waals surface area contributed by atoms with Crippen LogP contribution in [0.3, 0.4) is 0 Å². The Morgan fingerprint density at radius 2 is 1.12 bits per heavy atom. The van der Waals surface area contributed by atoms with Crippen LogP contribution >= 0.6 is 0 Å². The largest absolute Gasteiger partial charge is 0.361 e. The van der Waals surface area contributed by atoms with Gasteiger partial charge in [0.05, 0.1) is 0 Å². The molecule has 0 unspecified atom stereocenters. The molecule has 0 aliphatic heterocycles. The summed E-state index contributed by atoms with van der Waals surface area (Å²) in [5.74, 6) is -4.89. The van der Waals surface area contributed by atoms with Crippen LogP contribution in [0.2, 0.25) is 0 Å². The number of aryl methyl sites for hydroxylation is 2. The Bertz CT molecular complexity index is 347. The molecular formula is C12H16O4. The molecule has 0 saturated heterocycles. The average Bonchev–Trinajstić information content (AvgIpc) is 2.23. The molecule has 0 saturated carbocycles. The second-order valence-corrected chi connectivity index (χ2v) is 4.40. The van der Waals surface area contributed by atoms with Crippen LogP contribution < -0.4 is 0 Å². The Labute approximate surface area is 93.8 Å². The number of hydrogen-bond acceptors (Lipinski definition) is 4. The summed E-state index contributed by atoms with van der Waals surface area (Å²) < 4.78 is 0. The molecule has 0 fully saturated rings. The molecule has 4 nitrogen and oxygen atoms in total. The molecule has 1 aromatic rings. The van der Waals surface area contributed by atoms with Crippen molar-refractivity contribution in [2.24, 2.45) is 0 Å². The summed E-state index contributed by atoms with van der Waals surface area (Å²) in [4.78, 5) is 0. The SMILES string of the molecule is OC1(O)CCc2ccccc2CCC1(O)O. The third-order valence-corrected chi connectivity index (χ3v) is 3.25. The van der Waals surface area contributed by atoms with Gasteiger partial charge in [0.25, 0.3) is 0 Å². The minimum Gasteiger partial charge on any atom is -0.361 e. The summed E-state index contributed by atoms with van der Waals surface area (Å²) in [6, 6.07) is 7.63. The first-order valence-corrected chi connectivity index (χ1v) is 5.39. The van der Waals surface area contributed by atoms with Gasteiger partial charge in [-0.15, -0.1) is 0 Å². The van der Waals surface area contributed by atoms with Gasteiger partial charge in [-0.05, 0) is 24.0 Å². The summed E-state index contributed by atoms with van der Waals surface area (Å²) in [7, 11) is 0. The fraction of sp³-hybridized carbons (Fsp3) is 0.500. The number of fused-ring (bicyclic) bond motifs is 1. The first kappa shape index (κ1) is 11.5. The second kappa shape index (κ2) is 3.82. The lowest BCUT2D eigenvalue weighted by molar-refractivity contribution is -0.361. The van der Waals surface area contributed by atoms with Gasteiger partial charge < -0.3 is 20.4 Å². The number of benzene rings is 1. The standard InChI is InChI=1S/C12H16O4/c13-11(14)7-5-9-3-1-2-4-10(9)6-8-12(11,15)16/h1-4,13-16H,5-8H2. The lowest BCUT2D eigenvalue weighted by atomic mass is 9.86. The summed E-state index contributed by atoms with van der Waals surface area (Å²) in [6.45, 7) is 0. The van der Waals surface area contributed by atoms with E-state index in [1.54, 1.807) is 0 Å². The Morgan fingerprint density at radius 1 is 0.750 bits per heavy atom. The van der Waals surface area contributed by atoms with Gasteiger partial charge in [-0.3, -0.25) is 0 Å². The first-order chi connectivity index (χ1) is 7.42. The molecule has 1 aromatic carbocycles. The monoisotopic (exact) mass is 224 g/mol. The van der Waals surface area contributed by atoms with E-state index < -0.39 is 11.6 Å². The summed E-state index contributed by atoms with van der Waals surface area (Å²) >= 11 is 0. The van der Waals surface area contributed by atoms with E-state index in [4.69, 9.17) is 0 Å². The molecule has 1 aliphatic rings. The fourth-order valence-electron chi connectivity index (χ4n) is 2.06. The van der Waals surface area contributed by atoms with Gasteiger partial charge in [0, 0.05) is 12.8 Å². The van der Waals surface area contributed by atoms with E-state index in [2.05, 4.69) is 0 Å². The summed E-state index contributed by atoms with van der Waals surface area (Å²) in [6.07, 6.45) is 0.673. The third kappa shape index (κ3) is 1.97.